The number of nitrogens with zero attached hydrogens (tertiary/aromatic N) is 3. The summed E-state index contributed by atoms with van der Waals surface area (Å²) in [6.45, 7) is 0.108. The minimum atomic E-state index is -0.559. The average Bonchev–Trinajstić information content (AvgIpc) is 3.40. The molecule has 0 fully saturated rings. The number of fused-ring (bicyclic) bond motifs is 2. The highest BCUT2D eigenvalue weighted by Gasteiger charge is 2.18. The van der Waals surface area contributed by atoms with Crippen molar-refractivity contribution >= 4 is 17.2 Å². The lowest BCUT2D eigenvalue weighted by Crippen LogP contribution is -2.13. The zero-order chi connectivity index (χ0) is 20.7. The summed E-state index contributed by atoms with van der Waals surface area (Å²) in [4.78, 5) is 17.1. The summed E-state index contributed by atoms with van der Waals surface area (Å²) in [6.07, 6.45) is 1.70. The second-order valence-electron chi connectivity index (χ2n) is 6.52. The van der Waals surface area contributed by atoms with Crippen molar-refractivity contribution in [1.29, 1.82) is 0 Å². The third-order valence-electron chi connectivity index (χ3n) is 4.65. The monoisotopic (exact) mass is 406 g/mol. The van der Waals surface area contributed by atoms with Gasteiger partial charge < -0.3 is 19.5 Å². The predicted octanol–water partition coefficient (Wildman–Crippen LogP) is 3.53. The molecule has 0 aliphatic carbocycles. The molecule has 0 saturated carbocycles. The number of carbonyl (C=O) groups is 1. The van der Waals surface area contributed by atoms with Gasteiger partial charge in [0.25, 0.3) is 5.91 Å². The summed E-state index contributed by atoms with van der Waals surface area (Å²) in [5, 5.41) is 6.86. The largest absolute Gasteiger partial charge is 0.480 e. The molecule has 30 heavy (non-hydrogen) atoms. The molecule has 1 N–H and O–H groups in total. The molecular formula is C21H15FN4O4. The first-order chi connectivity index (χ1) is 14.6. The smallest absolute Gasteiger partial charge is 0.255 e. The molecule has 4 aromatic rings. The molecule has 0 saturated heterocycles. The van der Waals surface area contributed by atoms with Gasteiger partial charge in [-0.25, -0.2) is 13.9 Å². The topological polar surface area (TPSA) is 87.0 Å². The Morgan fingerprint density at radius 3 is 2.87 bits per heavy atom. The number of hydrogen-bond acceptors (Lipinski definition) is 6. The number of imidazole rings is 1. The van der Waals surface area contributed by atoms with Crippen LogP contribution in [-0.4, -0.2) is 34.4 Å². The van der Waals surface area contributed by atoms with Gasteiger partial charge in [0.2, 0.25) is 12.7 Å². The first kappa shape index (κ1) is 17.9. The molecule has 150 valence electrons. The van der Waals surface area contributed by atoms with Crippen molar-refractivity contribution < 1.29 is 23.4 Å². The number of benzene rings is 2. The molecule has 1 aliphatic rings. The number of halogens is 1. The maximum absolute atomic E-state index is 14.4. The zero-order valence-corrected chi connectivity index (χ0v) is 15.8. The van der Waals surface area contributed by atoms with E-state index in [1.165, 1.54) is 19.2 Å². The standard InChI is InChI=1S/C21H15FN4O4/c1-28-20-7-6-19-23-16(10-26(19)25-20)12-2-4-14(22)15(8-12)24-21(27)13-3-5-17-18(9-13)30-11-29-17/h2-10H,11H2,1H3,(H,24,27). The normalized spacial score (nSPS) is 12.2. The van der Waals surface area contributed by atoms with Crippen LogP contribution in [0.3, 0.4) is 0 Å². The van der Waals surface area contributed by atoms with E-state index in [9.17, 15) is 9.18 Å². The van der Waals surface area contributed by atoms with Crippen LogP contribution in [0.2, 0.25) is 0 Å². The third kappa shape index (κ3) is 3.16. The lowest BCUT2D eigenvalue weighted by molar-refractivity contribution is 0.102. The van der Waals surface area contributed by atoms with Crippen molar-refractivity contribution in [1.82, 2.24) is 14.6 Å². The fourth-order valence-electron chi connectivity index (χ4n) is 3.13. The van der Waals surface area contributed by atoms with Crippen molar-refractivity contribution in [3.8, 4) is 28.6 Å². The number of carbonyl (C=O) groups excluding carboxylic acids is 1. The van der Waals surface area contributed by atoms with Crippen molar-refractivity contribution in [3.63, 3.8) is 0 Å². The summed E-state index contributed by atoms with van der Waals surface area (Å²) in [6, 6.07) is 12.6. The Bertz CT molecular complexity index is 1290. The summed E-state index contributed by atoms with van der Waals surface area (Å²) in [7, 11) is 1.53. The molecule has 3 heterocycles. The molecule has 2 aromatic carbocycles. The molecule has 0 bridgehead atoms. The molecule has 2 aromatic heterocycles. The van der Waals surface area contributed by atoms with Crippen LogP contribution >= 0.6 is 0 Å². The SMILES string of the molecule is COc1ccc2nc(-c3ccc(F)c(NC(=O)c4ccc5c(c4)OCO5)c3)cn2n1. The van der Waals surface area contributed by atoms with Gasteiger partial charge in [0.15, 0.2) is 17.1 Å². The van der Waals surface area contributed by atoms with Crippen LogP contribution in [0, 0.1) is 5.82 Å². The molecular weight excluding hydrogens is 391 g/mol. The van der Waals surface area contributed by atoms with E-state index in [1.54, 1.807) is 47.1 Å². The lowest BCUT2D eigenvalue weighted by Gasteiger charge is -2.08. The van der Waals surface area contributed by atoms with E-state index in [1.807, 2.05) is 0 Å². The van der Waals surface area contributed by atoms with Crippen LogP contribution in [0.4, 0.5) is 10.1 Å². The fourth-order valence-corrected chi connectivity index (χ4v) is 3.13. The van der Waals surface area contributed by atoms with E-state index in [0.29, 0.717) is 39.8 Å². The van der Waals surface area contributed by atoms with Gasteiger partial charge >= 0.3 is 0 Å². The summed E-state index contributed by atoms with van der Waals surface area (Å²) in [5.41, 5.74) is 2.18. The molecule has 9 heteroatoms. The maximum Gasteiger partial charge on any atom is 0.255 e. The van der Waals surface area contributed by atoms with Crippen LogP contribution in [0.1, 0.15) is 10.4 Å². The molecule has 1 aliphatic heterocycles. The van der Waals surface area contributed by atoms with Crippen molar-refractivity contribution in [2.75, 3.05) is 19.2 Å². The van der Waals surface area contributed by atoms with Gasteiger partial charge in [-0.2, -0.15) is 0 Å². The van der Waals surface area contributed by atoms with E-state index >= 15 is 0 Å². The Kier molecular flexibility index (Phi) is 4.20. The first-order valence-corrected chi connectivity index (χ1v) is 9.02. The second-order valence-corrected chi connectivity index (χ2v) is 6.52. The minimum absolute atomic E-state index is 0.0396. The van der Waals surface area contributed by atoms with Crippen molar-refractivity contribution in [2.24, 2.45) is 0 Å². The highest BCUT2D eigenvalue weighted by atomic mass is 19.1. The first-order valence-electron chi connectivity index (χ1n) is 9.02. The second kappa shape index (κ2) is 7.03. The van der Waals surface area contributed by atoms with Gasteiger partial charge in [0.05, 0.1) is 24.7 Å². The van der Waals surface area contributed by atoms with Crippen molar-refractivity contribution in [2.45, 2.75) is 0 Å². The number of amides is 1. The number of ether oxygens (including phenoxy) is 3. The van der Waals surface area contributed by atoms with Gasteiger partial charge in [-0.3, -0.25) is 4.79 Å². The highest BCUT2D eigenvalue weighted by Crippen LogP contribution is 2.33. The maximum atomic E-state index is 14.4. The Morgan fingerprint density at radius 1 is 1.13 bits per heavy atom. The number of nitrogens with one attached hydrogen (secondary N) is 1. The molecule has 0 unspecified atom stereocenters. The van der Waals surface area contributed by atoms with Crippen LogP contribution in [0.5, 0.6) is 17.4 Å². The third-order valence-corrected chi connectivity index (χ3v) is 4.65. The van der Waals surface area contributed by atoms with Crippen LogP contribution < -0.4 is 19.5 Å². The van der Waals surface area contributed by atoms with E-state index < -0.39 is 11.7 Å². The van der Waals surface area contributed by atoms with Crippen LogP contribution in [0.25, 0.3) is 16.9 Å². The van der Waals surface area contributed by atoms with Gasteiger partial charge in [0, 0.05) is 17.2 Å². The van der Waals surface area contributed by atoms with E-state index in [0.717, 1.165) is 0 Å². The molecule has 0 radical (unpaired) electrons. The Labute approximate surface area is 169 Å². The average molecular weight is 406 g/mol. The Morgan fingerprint density at radius 2 is 2.00 bits per heavy atom. The number of aromatic nitrogens is 3. The number of anilines is 1. The summed E-state index contributed by atoms with van der Waals surface area (Å²) >= 11 is 0. The van der Waals surface area contributed by atoms with E-state index in [4.69, 9.17) is 14.2 Å². The molecule has 0 spiro atoms. The predicted molar refractivity (Wildman–Crippen MR) is 105 cm³/mol. The zero-order valence-electron chi connectivity index (χ0n) is 15.8. The highest BCUT2D eigenvalue weighted by molar-refractivity contribution is 6.05. The summed E-state index contributed by atoms with van der Waals surface area (Å²) in [5.74, 6) is 0.464. The fraction of sp³-hybridized carbons (Fsp3) is 0.0952. The van der Waals surface area contributed by atoms with Gasteiger partial charge in [-0.1, -0.05) is 0 Å². The van der Waals surface area contributed by atoms with E-state index in [2.05, 4.69) is 15.4 Å². The quantitative estimate of drug-likeness (QED) is 0.558. The molecule has 5 rings (SSSR count). The van der Waals surface area contributed by atoms with Crippen LogP contribution in [-0.2, 0) is 0 Å². The van der Waals surface area contributed by atoms with Crippen molar-refractivity contribution in [3.05, 3.63) is 66.1 Å². The van der Waals surface area contributed by atoms with Gasteiger partial charge in [-0.15, -0.1) is 5.10 Å². The Balaban J connectivity index is 1.44. The summed E-state index contributed by atoms with van der Waals surface area (Å²) < 4.78 is 31.6. The minimum Gasteiger partial charge on any atom is -0.480 e. The number of methoxy groups -OCH3 is 1. The molecule has 1 amide bonds. The lowest BCUT2D eigenvalue weighted by atomic mass is 10.1. The molecule has 0 atom stereocenters. The van der Waals surface area contributed by atoms with Gasteiger partial charge in [0.1, 0.15) is 5.82 Å². The van der Waals surface area contributed by atoms with E-state index in [-0.39, 0.29) is 12.5 Å². The van der Waals surface area contributed by atoms with Gasteiger partial charge in [-0.05, 0) is 42.5 Å². The molecule has 8 nitrogen and oxygen atoms in total. The number of hydrogen-bond donors (Lipinski definition) is 1. The number of rotatable bonds is 4. The Hall–Kier alpha value is -4.14. The van der Waals surface area contributed by atoms with Crippen LogP contribution in [0.15, 0.2) is 54.7 Å².